The van der Waals surface area contributed by atoms with Gasteiger partial charge in [0.1, 0.15) is 6.61 Å². The molecule has 0 amide bonds. The Morgan fingerprint density at radius 2 is 2.00 bits per heavy atom. The molecule has 7 nitrogen and oxygen atoms in total. The number of hydrogen-bond acceptors (Lipinski definition) is 5. The second kappa shape index (κ2) is 6.17. The highest BCUT2D eigenvalue weighted by Crippen LogP contribution is 2.27. The van der Waals surface area contributed by atoms with Crippen LogP contribution >= 0.6 is 0 Å². The van der Waals surface area contributed by atoms with Gasteiger partial charge in [-0.2, -0.15) is 4.31 Å². The molecule has 1 fully saturated rings. The molecule has 0 saturated carbocycles. The van der Waals surface area contributed by atoms with Crippen molar-refractivity contribution < 1.29 is 27.8 Å². The van der Waals surface area contributed by atoms with Crippen LogP contribution in [0.4, 0.5) is 0 Å². The molecule has 8 heteroatoms. The van der Waals surface area contributed by atoms with Gasteiger partial charge in [0.05, 0.1) is 24.1 Å². The zero-order valence-electron chi connectivity index (χ0n) is 11.5. The van der Waals surface area contributed by atoms with Gasteiger partial charge >= 0.3 is 5.97 Å². The van der Waals surface area contributed by atoms with Crippen LogP contribution in [0.1, 0.15) is 20.8 Å². The summed E-state index contributed by atoms with van der Waals surface area (Å²) < 4.78 is 35.4. The summed E-state index contributed by atoms with van der Waals surface area (Å²) in [6, 6.07) is 0. The maximum absolute atomic E-state index is 11.9. The molecule has 0 aromatic heterocycles. The number of rotatable bonds is 8. The molecule has 0 aromatic carbocycles. The molecular weight excluding hydrogens is 274 g/mol. The number of carboxylic acid groups (broad SMARTS) is 1. The van der Waals surface area contributed by atoms with E-state index >= 15 is 0 Å². The molecule has 0 atom stereocenters. The molecule has 1 aliphatic rings. The van der Waals surface area contributed by atoms with Crippen LogP contribution in [0.25, 0.3) is 0 Å². The van der Waals surface area contributed by atoms with Crippen molar-refractivity contribution in [1.29, 1.82) is 0 Å². The van der Waals surface area contributed by atoms with Gasteiger partial charge in [0, 0.05) is 13.1 Å². The van der Waals surface area contributed by atoms with Gasteiger partial charge in [-0.15, -0.1) is 0 Å². The van der Waals surface area contributed by atoms with E-state index < -0.39 is 28.2 Å². The molecular formula is C11H21NO6S. The van der Waals surface area contributed by atoms with Crippen LogP contribution in [-0.4, -0.2) is 67.6 Å². The minimum absolute atomic E-state index is 0.00393. The van der Waals surface area contributed by atoms with Crippen LogP contribution in [0.5, 0.6) is 0 Å². The average molecular weight is 295 g/mol. The maximum Gasteiger partial charge on any atom is 0.329 e. The second-order valence-electron chi connectivity index (χ2n) is 5.14. The SMILES string of the molecule is CC(C)OCCS(=O)(=O)N1CC(C)(OCC(=O)O)C1. The van der Waals surface area contributed by atoms with Gasteiger partial charge in [0.25, 0.3) is 0 Å². The maximum atomic E-state index is 11.9. The number of aliphatic carboxylic acids is 1. The predicted octanol–water partition coefficient (Wildman–Crippen LogP) is -0.0833. The molecule has 0 bridgehead atoms. The smallest absolute Gasteiger partial charge is 0.329 e. The summed E-state index contributed by atoms with van der Waals surface area (Å²) in [6.07, 6.45) is -0.00393. The first-order valence-corrected chi connectivity index (χ1v) is 7.71. The van der Waals surface area contributed by atoms with Crippen molar-refractivity contribution in [3.63, 3.8) is 0 Å². The van der Waals surface area contributed by atoms with Gasteiger partial charge in [-0.05, 0) is 20.8 Å². The first kappa shape index (κ1) is 16.4. The summed E-state index contributed by atoms with van der Waals surface area (Å²) in [5.74, 6) is -1.13. The van der Waals surface area contributed by atoms with Gasteiger partial charge in [-0.25, -0.2) is 13.2 Å². The van der Waals surface area contributed by atoms with E-state index in [1.54, 1.807) is 6.92 Å². The zero-order valence-corrected chi connectivity index (χ0v) is 12.3. The number of carbonyl (C=O) groups is 1. The van der Waals surface area contributed by atoms with Crippen molar-refractivity contribution in [2.75, 3.05) is 32.1 Å². The van der Waals surface area contributed by atoms with Crippen LogP contribution in [0.2, 0.25) is 0 Å². The Morgan fingerprint density at radius 3 is 2.47 bits per heavy atom. The third-order valence-electron chi connectivity index (χ3n) is 2.75. The average Bonchev–Trinajstić information content (AvgIpc) is 2.21. The third kappa shape index (κ3) is 5.06. The molecule has 0 aromatic rings. The van der Waals surface area contributed by atoms with Gasteiger partial charge in [-0.1, -0.05) is 0 Å². The quantitative estimate of drug-likeness (QED) is 0.673. The van der Waals surface area contributed by atoms with Crippen molar-refractivity contribution in [1.82, 2.24) is 4.31 Å². The lowest BCUT2D eigenvalue weighted by atomic mass is 10.0. The molecule has 1 heterocycles. The lowest BCUT2D eigenvalue weighted by Gasteiger charge is -2.46. The fraction of sp³-hybridized carbons (Fsp3) is 0.909. The lowest BCUT2D eigenvalue weighted by molar-refractivity contribution is -0.157. The van der Waals surface area contributed by atoms with E-state index in [0.29, 0.717) is 0 Å². The van der Waals surface area contributed by atoms with Crippen molar-refractivity contribution >= 4 is 16.0 Å². The molecule has 19 heavy (non-hydrogen) atoms. The van der Waals surface area contributed by atoms with Crippen LogP contribution < -0.4 is 0 Å². The number of carboxylic acids is 1. The van der Waals surface area contributed by atoms with Crippen LogP contribution in [0.3, 0.4) is 0 Å². The van der Waals surface area contributed by atoms with Crippen molar-refractivity contribution in [2.24, 2.45) is 0 Å². The fourth-order valence-corrected chi connectivity index (χ4v) is 3.25. The number of nitrogens with zero attached hydrogens (tertiary/aromatic N) is 1. The first-order chi connectivity index (χ1) is 8.65. The molecule has 1 N–H and O–H groups in total. The monoisotopic (exact) mass is 295 g/mol. The fourth-order valence-electron chi connectivity index (χ4n) is 1.74. The summed E-state index contributed by atoms with van der Waals surface area (Å²) in [5, 5.41) is 8.52. The number of sulfonamides is 1. The minimum Gasteiger partial charge on any atom is -0.480 e. The van der Waals surface area contributed by atoms with Gasteiger partial charge in [0.2, 0.25) is 10.0 Å². The van der Waals surface area contributed by atoms with Gasteiger partial charge in [0.15, 0.2) is 0 Å². The first-order valence-electron chi connectivity index (χ1n) is 6.10. The van der Waals surface area contributed by atoms with E-state index in [9.17, 15) is 13.2 Å². The third-order valence-corrected chi connectivity index (χ3v) is 4.48. The summed E-state index contributed by atoms with van der Waals surface area (Å²) in [6.45, 7) is 5.49. The summed E-state index contributed by atoms with van der Waals surface area (Å²) in [7, 11) is -3.35. The second-order valence-corrected chi connectivity index (χ2v) is 7.22. The Balaban J connectivity index is 2.37. The molecule has 0 radical (unpaired) electrons. The number of ether oxygens (including phenoxy) is 2. The highest BCUT2D eigenvalue weighted by Gasteiger charge is 2.45. The van der Waals surface area contributed by atoms with Crippen molar-refractivity contribution in [3.8, 4) is 0 Å². The standard InChI is InChI=1S/C11H21NO6S/c1-9(2)17-4-5-19(15,16)12-7-11(3,8-12)18-6-10(13)14/h9H,4-8H2,1-3H3,(H,13,14). The predicted molar refractivity (Wildman–Crippen MR) is 68.4 cm³/mol. The Bertz CT molecular complexity index is 413. The molecule has 112 valence electrons. The van der Waals surface area contributed by atoms with E-state index in [2.05, 4.69) is 0 Å². The van der Waals surface area contributed by atoms with Crippen LogP contribution in [0, 0.1) is 0 Å². The zero-order chi connectivity index (χ0) is 14.7. The van der Waals surface area contributed by atoms with Crippen LogP contribution in [0.15, 0.2) is 0 Å². The molecule has 1 aliphatic heterocycles. The highest BCUT2D eigenvalue weighted by molar-refractivity contribution is 7.89. The van der Waals surface area contributed by atoms with E-state index in [0.717, 1.165) is 0 Å². The van der Waals surface area contributed by atoms with Crippen molar-refractivity contribution in [3.05, 3.63) is 0 Å². The largest absolute Gasteiger partial charge is 0.480 e. The van der Waals surface area contributed by atoms with E-state index in [1.165, 1.54) is 4.31 Å². The van der Waals surface area contributed by atoms with Gasteiger partial charge in [-0.3, -0.25) is 0 Å². The Hall–Kier alpha value is -0.700. The van der Waals surface area contributed by atoms with E-state index in [1.807, 2.05) is 13.8 Å². The molecule has 1 rings (SSSR count). The number of hydrogen-bond donors (Lipinski definition) is 1. The lowest BCUT2D eigenvalue weighted by Crippen LogP contribution is -2.63. The normalized spacial score (nSPS) is 19.4. The van der Waals surface area contributed by atoms with Gasteiger partial charge < -0.3 is 14.6 Å². The van der Waals surface area contributed by atoms with E-state index in [4.69, 9.17) is 14.6 Å². The minimum atomic E-state index is -3.35. The molecule has 1 saturated heterocycles. The molecule has 0 unspecified atom stereocenters. The summed E-state index contributed by atoms with van der Waals surface area (Å²) in [5.41, 5.74) is -0.704. The van der Waals surface area contributed by atoms with Crippen molar-refractivity contribution in [2.45, 2.75) is 32.5 Å². The summed E-state index contributed by atoms with van der Waals surface area (Å²) in [4.78, 5) is 10.4. The molecule has 0 spiro atoms. The topological polar surface area (TPSA) is 93.1 Å². The summed E-state index contributed by atoms with van der Waals surface area (Å²) >= 11 is 0. The van der Waals surface area contributed by atoms with E-state index in [-0.39, 0.29) is 31.6 Å². The Labute approximate surface area is 113 Å². The van der Waals surface area contributed by atoms with Crippen LogP contribution in [-0.2, 0) is 24.3 Å². The highest BCUT2D eigenvalue weighted by atomic mass is 32.2. The molecule has 0 aliphatic carbocycles. The Morgan fingerprint density at radius 1 is 1.42 bits per heavy atom. The Kier molecular flexibility index (Phi) is 5.31.